The molecule has 0 bridgehead atoms. The Morgan fingerprint density at radius 3 is 2.41 bits per heavy atom. The van der Waals surface area contributed by atoms with Crippen LogP contribution in [-0.2, 0) is 9.53 Å². The van der Waals surface area contributed by atoms with Crippen molar-refractivity contribution in [2.75, 3.05) is 30.4 Å². The lowest BCUT2D eigenvalue weighted by Gasteiger charge is -2.48. The van der Waals surface area contributed by atoms with Crippen LogP contribution in [0.2, 0.25) is 0 Å². The Morgan fingerprint density at radius 2 is 1.76 bits per heavy atom. The first-order valence-corrected chi connectivity index (χ1v) is 16.2. The highest BCUT2D eigenvalue weighted by molar-refractivity contribution is 6.10. The summed E-state index contributed by atoms with van der Waals surface area (Å²) in [6, 6.07) is 5.80. The van der Waals surface area contributed by atoms with Crippen molar-refractivity contribution in [2.45, 2.75) is 79.0 Å². The molecule has 1 fully saturated rings. The van der Waals surface area contributed by atoms with E-state index in [1.165, 1.54) is 40.8 Å². The van der Waals surface area contributed by atoms with Crippen LogP contribution in [0.3, 0.4) is 0 Å². The van der Waals surface area contributed by atoms with Gasteiger partial charge in [-0.3, -0.25) is 19.1 Å². The highest BCUT2D eigenvalue weighted by Crippen LogP contribution is 2.42. The molecule has 1 aromatic carbocycles. The molecule has 3 aromatic heterocycles. The van der Waals surface area contributed by atoms with E-state index in [2.05, 4.69) is 5.32 Å². The number of carbonyl (C=O) groups excluding carboxylic acids is 2. The Labute approximate surface area is 282 Å². The first-order chi connectivity index (χ1) is 23.0. The van der Waals surface area contributed by atoms with Crippen LogP contribution in [0, 0.1) is 25.5 Å². The number of methoxy groups -OCH3 is 1. The number of piperazine rings is 1. The highest BCUT2D eigenvalue weighted by Gasteiger charge is 2.45. The van der Waals surface area contributed by atoms with Crippen LogP contribution in [0.5, 0.6) is 5.75 Å². The lowest BCUT2D eigenvalue weighted by Crippen LogP contribution is -2.65. The van der Waals surface area contributed by atoms with E-state index in [1.807, 2.05) is 40.7 Å². The minimum atomic E-state index is -0.918. The van der Waals surface area contributed by atoms with Crippen LogP contribution >= 0.6 is 0 Å². The SMILES string of the molecule is COc1cccc(F)c1-c1nc2c(cc1F)c1c(c(=O)n2-c2c(C)cc(C)nc2C(C)C)NC(=O)[C@H]2CN(C(=O)OC(C)(C)C)[C@H](C)CN12. The molecule has 258 valence electrons. The van der Waals surface area contributed by atoms with E-state index in [0.29, 0.717) is 16.9 Å². The van der Waals surface area contributed by atoms with E-state index in [0.717, 1.165) is 5.69 Å². The number of carbonyl (C=O) groups is 2. The Kier molecular flexibility index (Phi) is 8.36. The smallest absolute Gasteiger partial charge is 0.410 e. The maximum absolute atomic E-state index is 16.4. The summed E-state index contributed by atoms with van der Waals surface area (Å²) in [4.78, 5) is 54.3. The molecule has 1 saturated heterocycles. The summed E-state index contributed by atoms with van der Waals surface area (Å²) in [5.74, 6) is -2.20. The molecule has 0 spiro atoms. The number of rotatable bonds is 4. The second-order valence-corrected chi connectivity index (χ2v) is 14.0. The number of anilines is 2. The van der Waals surface area contributed by atoms with Crippen LogP contribution in [0.15, 0.2) is 35.1 Å². The number of aromatic nitrogens is 3. The molecule has 0 aliphatic carbocycles. The normalized spacial score (nSPS) is 17.6. The van der Waals surface area contributed by atoms with Crippen molar-refractivity contribution in [3.05, 3.63) is 69.3 Å². The number of nitrogens with zero attached hydrogens (tertiary/aromatic N) is 5. The third-order valence-electron chi connectivity index (χ3n) is 8.82. The van der Waals surface area contributed by atoms with E-state index >= 15 is 8.78 Å². The van der Waals surface area contributed by atoms with Crippen molar-refractivity contribution in [1.29, 1.82) is 0 Å². The fourth-order valence-corrected chi connectivity index (χ4v) is 6.75. The largest absolute Gasteiger partial charge is 0.496 e. The van der Waals surface area contributed by atoms with Crippen LogP contribution in [0.1, 0.15) is 64.4 Å². The molecule has 0 saturated carbocycles. The second kappa shape index (κ2) is 12.1. The van der Waals surface area contributed by atoms with E-state index in [4.69, 9.17) is 19.4 Å². The Bertz CT molecular complexity index is 2090. The lowest BCUT2D eigenvalue weighted by atomic mass is 9.99. The standard InChI is InChI=1S/C36H40F2N6O5/c1-17(2)27-30(18(3)13-19(4)39-27)44-32-21(14-23(38)28(40-32)26-22(37)11-10-12-25(26)48-9)31-29(34(44)46)41-33(45)24-16-42(20(5)15-43(24)31)35(47)49-36(6,7)8/h10-14,17,20,24H,15-16H2,1-9H3,(H,41,45)/t20-,24-/m1/s1. The van der Waals surface area contributed by atoms with Crippen molar-refractivity contribution in [3.63, 3.8) is 0 Å². The zero-order valence-electron chi connectivity index (χ0n) is 29.1. The van der Waals surface area contributed by atoms with Gasteiger partial charge < -0.3 is 24.6 Å². The molecule has 4 aromatic rings. The monoisotopic (exact) mass is 674 g/mol. The third-order valence-corrected chi connectivity index (χ3v) is 8.82. The molecule has 1 N–H and O–H groups in total. The molecule has 13 heteroatoms. The van der Waals surface area contributed by atoms with E-state index < -0.39 is 46.9 Å². The number of halogens is 2. The molecular weight excluding hydrogens is 634 g/mol. The van der Waals surface area contributed by atoms with Gasteiger partial charge in [-0.05, 0) is 77.3 Å². The highest BCUT2D eigenvalue weighted by atomic mass is 19.1. The summed E-state index contributed by atoms with van der Waals surface area (Å²) in [6.07, 6.45) is -0.571. The number of fused-ring (bicyclic) bond motifs is 5. The van der Waals surface area contributed by atoms with Gasteiger partial charge in [0.05, 0.1) is 36.3 Å². The van der Waals surface area contributed by atoms with Gasteiger partial charge in [0.2, 0.25) is 5.91 Å². The third kappa shape index (κ3) is 5.74. The number of aryl methyl sites for hydroxylation is 2. The number of benzene rings is 1. The summed E-state index contributed by atoms with van der Waals surface area (Å²) in [6.45, 7) is 14.8. The molecule has 0 radical (unpaired) electrons. The molecule has 2 amide bonds. The number of nitrogens with one attached hydrogen (secondary N) is 1. The molecule has 2 aliphatic rings. The summed E-state index contributed by atoms with van der Waals surface area (Å²) >= 11 is 0. The van der Waals surface area contributed by atoms with Gasteiger partial charge in [0.15, 0.2) is 11.5 Å². The summed E-state index contributed by atoms with van der Waals surface area (Å²) in [7, 11) is 1.35. The minimum absolute atomic E-state index is 0.0369. The zero-order valence-corrected chi connectivity index (χ0v) is 29.1. The summed E-state index contributed by atoms with van der Waals surface area (Å²) < 4.78 is 44.1. The molecule has 5 heterocycles. The maximum atomic E-state index is 16.4. The van der Waals surface area contributed by atoms with Gasteiger partial charge >= 0.3 is 6.09 Å². The van der Waals surface area contributed by atoms with Crippen molar-refractivity contribution >= 4 is 34.4 Å². The lowest BCUT2D eigenvalue weighted by molar-refractivity contribution is -0.118. The Morgan fingerprint density at radius 1 is 1.04 bits per heavy atom. The summed E-state index contributed by atoms with van der Waals surface area (Å²) in [5, 5.41) is 2.99. The van der Waals surface area contributed by atoms with Gasteiger partial charge in [0, 0.05) is 23.7 Å². The van der Waals surface area contributed by atoms with Crippen molar-refractivity contribution < 1.29 is 27.8 Å². The van der Waals surface area contributed by atoms with E-state index in [-0.39, 0.29) is 58.4 Å². The van der Waals surface area contributed by atoms with Gasteiger partial charge in [-0.15, -0.1) is 0 Å². The Hall–Kier alpha value is -5.07. The minimum Gasteiger partial charge on any atom is -0.496 e. The molecule has 49 heavy (non-hydrogen) atoms. The van der Waals surface area contributed by atoms with Crippen LogP contribution < -0.4 is 20.5 Å². The average Bonchev–Trinajstić information content (AvgIpc) is 3.00. The average molecular weight is 675 g/mol. The van der Waals surface area contributed by atoms with Crippen LogP contribution in [0.25, 0.3) is 28.0 Å². The van der Waals surface area contributed by atoms with Gasteiger partial charge in [-0.25, -0.2) is 18.6 Å². The van der Waals surface area contributed by atoms with Crippen LogP contribution in [0.4, 0.5) is 25.0 Å². The topological polar surface area (TPSA) is 119 Å². The fraction of sp³-hybridized carbons (Fsp3) is 0.417. The van der Waals surface area contributed by atoms with Gasteiger partial charge in [-0.1, -0.05) is 19.9 Å². The zero-order chi connectivity index (χ0) is 35.7. The number of ether oxygens (including phenoxy) is 2. The predicted octanol–water partition coefficient (Wildman–Crippen LogP) is 6.24. The number of amides is 2. The molecular formula is C36H40F2N6O5. The Balaban J connectivity index is 1.67. The molecule has 2 aliphatic heterocycles. The fourth-order valence-electron chi connectivity index (χ4n) is 6.75. The van der Waals surface area contributed by atoms with Gasteiger partial charge in [-0.2, -0.15) is 0 Å². The van der Waals surface area contributed by atoms with Gasteiger partial charge in [0.1, 0.15) is 34.6 Å². The molecule has 0 unspecified atom stereocenters. The number of hydrogen-bond donors (Lipinski definition) is 1. The molecule has 6 rings (SSSR count). The van der Waals surface area contributed by atoms with Crippen molar-refractivity contribution in [1.82, 2.24) is 19.4 Å². The quantitative estimate of drug-likeness (QED) is 0.270. The summed E-state index contributed by atoms with van der Waals surface area (Å²) in [5.41, 5.74) is 0.803. The maximum Gasteiger partial charge on any atom is 0.410 e. The van der Waals surface area contributed by atoms with Crippen molar-refractivity contribution in [3.8, 4) is 22.7 Å². The van der Waals surface area contributed by atoms with Crippen LogP contribution in [-0.4, -0.2) is 69.3 Å². The predicted molar refractivity (Wildman–Crippen MR) is 183 cm³/mol. The van der Waals surface area contributed by atoms with Gasteiger partial charge in [0.25, 0.3) is 5.56 Å². The first kappa shape index (κ1) is 33.8. The first-order valence-electron chi connectivity index (χ1n) is 16.2. The van der Waals surface area contributed by atoms with E-state index in [9.17, 15) is 14.4 Å². The van der Waals surface area contributed by atoms with Crippen molar-refractivity contribution in [2.24, 2.45) is 0 Å². The molecule has 11 nitrogen and oxygen atoms in total. The number of pyridine rings is 3. The van der Waals surface area contributed by atoms with E-state index in [1.54, 1.807) is 25.7 Å². The molecule has 2 atom stereocenters. The second-order valence-electron chi connectivity index (χ2n) is 14.0. The number of hydrogen-bond acceptors (Lipinski definition) is 8.